The van der Waals surface area contributed by atoms with E-state index in [2.05, 4.69) is 9.47 Å². The first-order valence-corrected chi connectivity index (χ1v) is 4.18. The highest BCUT2D eigenvalue weighted by Crippen LogP contribution is 2.17. The number of hydrogen-bond acceptors (Lipinski definition) is 2. The van der Waals surface area contributed by atoms with Crippen LogP contribution in [0.5, 0.6) is 0 Å². The molecule has 0 saturated carbocycles. The molecule has 0 aromatic heterocycles. The molecule has 0 N–H and O–H groups in total. The number of rotatable bonds is 7. The zero-order valence-corrected chi connectivity index (χ0v) is 8.16. The van der Waals surface area contributed by atoms with Gasteiger partial charge in [-0.05, 0) is 0 Å². The van der Waals surface area contributed by atoms with Crippen molar-refractivity contribution in [1.29, 1.82) is 0 Å². The summed E-state index contributed by atoms with van der Waals surface area (Å²) in [5.74, 6) is -5.88. The minimum Gasteiger partial charge on any atom is -0.349 e. The summed E-state index contributed by atoms with van der Waals surface area (Å²) in [4.78, 5) is 0. The van der Waals surface area contributed by atoms with E-state index in [4.69, 9.17) is 0 Å². The number of alkyl halides is 4. The van der Waals surface area contributed by atoms with Gasteiger partial charge < -0.3 is 9.47 Å². The van der Waals surface area contributed by atoms with Crippen LogP contribution in [0.2, 0.25) is 0 Å². The highest BCUT2D eigenvalue weighted by molar-refractivity contribution is 4.60. The first-order chi connectivity index (χ1) is 6.27. The minimum absolute atomic E-state index is 0.350. The lowest BCUT2D eigenvalue weighted by Crippen LogP contribution is -2.25. The molecule has 0 unspecified atom stereocenters. The minimum atomic E-state index is -2.96. The predicted molar refractivity (Wildman–Crippen MR) is 42.6 cm³/mol. The molecule has 0 aromatic carbocycles. The SMILES string of the molecule is CCC(F)(F)COCOCC(C)(F)F. The lowest BCUT2D eigenvalue weighted by Gasteiger charge is -2.15. The van der Waals surface area contributed by atoms with Crippen LogP contribution in [-0.2, 0) is 9.47 Å². The van der Waals surface area contributed by atoms with Gasteiger partial charge >= 0.3 is 0 Å². The van der Waals surface area contributed by atoms with E-state index in [1.165, 1.54) is 6.92 Å². The van der Waals surface area contributed by atoms with Crippen LogP contribution in [-0.4, -0.2) is 31.9 Å². The van der Waals surface area contributed by atoms with E-state index in [0.29, 0.717) is 6.92 Å². The van der Waals surface area contributed by atoms with E-state index >= 15 is 0 Å². The quantitative estimate of drug-likeness (QED) is 0.371. The second-order valence-electron chi connectivity index (χ2n) is 3.09. The van der Waals surface area contributed by atoms with Crippen molar-refractivity contribution in [3.05, 3.63) is 0 Å². The molecule has 0 aliphatic rings. The van der Waals surface area contributed by atoms with E-state index in [1.807, 2.05) is 0 Å². The molecule has 0 amide bonds. The van der Waals surface area contributed by atoms with Crippen LogP contribution in [0, 0.1) is 0 Å². The molecule has 14 heavy (non-hydrogen) atoms. The van der Waals surface area contributed by atoms with E-state index in [9.17, 15) is 17.6 Å². The molecule has 0 rings (SSSR count). The normalized spacial score (nSPS) is 13.3. The zero-order valence-electron chi connectivity index (χ0n) is 8.16. The van der Waals surface area contributed by atoms with Gasteiger partial charge in [0.25, 0.3) is 11.8 Å². The number of halogens is 4. The Bertz CT molecular complexity index is 156. The molecule has 0 saturated heterocycles. The molecule has 0 atom stereocenters. The Morgan fingerprint density at radius 2 is 1.50 bits per heavy atom. The summed E-state index contributed by atoms with van der Waals surface area (Å²) in [6.07, 6.45) is -0.350. The van der Waals surface area contributed by atoms with E-state index in [0.717, 1.165) is 0 Å². The van der Waals surface area contributed by atoms with Gasteiger partial charge in [-0.1, -0.05) is 6.92 Å². The van der Waals surface area contributed by atoms with Crippen LogP contribution >= 0.6 is 0 Å². The van der Waals surface area contributed by atoms with Crippen molar-refractivity contribution < 1.29 is 27.0 Å². The van der Waals surface area contributed by atoms with Gasteiger partial charge in [0.05, 0.1) is 0 Å². The molecule has 86 valence electrons. The van der Waals surface area contributed by atoms with Gasteiger partial charge in [0.15, 0.2) is 0 Å². The molecule has 0 aliphatic heterocycles. The molecule has 6 heteroatoms. The summed E-state index contributed by atoms with van der Waals surface area (Å²) in [6.45, 7) is -0.194. The van der Waals surface area contributed by atoms with E-state index in [1.54, 1.807) is 0 Å². The zero-order chi connectivity index (χ0) is 11.2. The second-order valence-corrected chi connectivity index (χ2v) is 3.09. The summed E-state index contributed by atoms with van der Waals surface area (Å²) < 4.78 is 57.9. The van der Waals surface area contributed by atoms with E-state index in [-0.39, 0.29) is 6.42 Å². The van der Waals surface area contributed by atoms with Crippen molar-refractivity contribution in [2.45, 2.75) is 32.1 Å². The lowest BCUT2D eigenvalue weighted by molar-refractivity contribution is -0.157. The Morgan fingerprint density at radius 3 is 1.93 bits per heavy atom. The Kier molecular flexibility index (Phi) is 5.36. The molecule has 2 nitrogen and oxygen atoms in total. The third-order valence-electron chi connectivity index (χ3n) is 1.35. The molecule has 0 aromatic rings. The van der Waals surface area contributed by atoms with Gasteiger partial charge in [-0.3, -0.25) is 0 Å². The van der Waals surface area contributed by atoms with E-state index < -0.39 is 31.9 Å². The van der Waals surface area contributed by atoms with Crippen LogP contribution < -0.4 is 0 Å². The molecule has 0 fully saturated rings. The van der Waals surface area contributed by atoms with Crippen LogP contribution in [0.4, 0.5) is 17.6 Å². The van der Waals surface area contributed by atoms with Gasteiger partial charge in [0.2, 0.25) is 0 Å². The molecular formula is C8H14F4O2. The Hall–Kier alpha value is -0.360. The van der Waals surface area contributed by atoms with Crippen molar-refractivity contribution >= 4 is 0 Å². The molecule has 0 heterocycles. The Balaban J connectivity index is 3.39. The monoisotopic (exact) mass is 218 g/mol. The van der Waals surface area contributed by atoms with Crippen molar-refractivity contribution in [3.8, 4) is 0 Å². The van der Waals surface area contributed by atoms with Crippen LogP contribution in [0.25, 0.3) is 0 Å². The van der Waals surface area contributed by atoms with Crippen molar-refractivity contribution in [2.24, 2.45) is 0 Å². The lowest BCUT2D eigenvalue weighted by atomic mass is 10.3. The summed E-state index contributed by atoms with van der Waals surface area (Å²) in [5, 5.41) is 0. The van der Waals surface area contributed by atoms with Crippen LogP contribution in [0.15, 0.2) is 0 Å². The molecule has 0 aliphatic carbocycles. The van der Waals surface area contributed by atoms with Crippen molar-refractivity contribution in [3.63, 3.8) is 0 Å². The smallest absolute Gasteiger partial charge is 0.270 e. The first-order valence-electron chi connectivity index (χ1n) is 4.18. The standard InChI is InChI=1S/C8H14F4O2/c1-3-8(11,12)5-14-6-13-4-7(2,9)10/h3-6H2,1-2H3. The van der Waals surface area contributed by atoms with Crippen LogP contribution in [0.3, 0.4) is 0 Å². The van der Waals surface area contributed by atoms with Gasteiger partial charge in [0, 0.05) is 13.3 Å². The average molecular weight is 218 g/mol. The maximum Gasteiger partial charge on any atom is 0.270 e. The predicted octanol–water partition coefficient (Wildman–Crippen LogP) is 2.68. The van der Waals surface area contributed by atoms with Crippen molar-refractivity contribution in [1.82, 2.24) is 0 Å². The Morgan fingerprint density at radius 1 is 1.00 bits per heavy atom. The fourth-order valence-corrected chi connectivity index (χ4v) is 0.573. The maximum absolute atomic E-state index is 12.5. The highest BCUT2D eigenvalue weighted by Gasteiger charge is 2.26. The number of ether oxygens (including phenoxy) is 2. The van der Waals surface area contributed by atoms with Gasteiger partial charge in [-0.15, -0.1) is 0 Å². The molecular weight excluding hydrogens is 204 g/mol. The van der Waals surface area contributed by atoms with Crippen molar-refractivity contribution in [2.75, 3.05) is 20.0 Å². The third-order valence-corrected chi connectivity index (χ3v) is 1.35. The summed E-state index contributed by atoms with van der Waals surface area (Å²) in [6, 6.07) is 0. The summed E-state index contributed by atoms with van der Waals surface area (Å²) in [5.41, 5.74) is 0. The average Bonchev–Trinajstić information content (AvgIpc) is 2.01. The topological polar surface area (TPSA) is 18.5 Å². The highest BCUT2D eigenvalue weighted by atomic mass is 19.3. The summed E-state index contributed by atoms with van der Waals surface area (Å²) >= 11 is 0. The molecule has 0 radical (unpaired) electrons. The fraction of sp³-hybridized carbons (Fsp3) is 1.00. The Labute approximate surface area is 80.2 Å². The van der Waals surface area contributed by atoms with Gasteiger partial charge in [0.1, 0.15) is 20.0 Å². The second kappa shape index (κ2) is 5.50. The number of hydrogen-bond donors (Lipinski definition) is 0. The van der Waals surface area contributed by atoms with Gasteiger partial charge in [-0.2, -0.15) is 0 Å². The molecule has 0 bridgehead atoms. The van der Waals surface area contributed by atoms with Gasteiger partial charge in [-0.25, -0.2) is 17.6 Å². The maximum atomic E-state index is 12.5. The molecule has 0 spiro atoms. The fourth-order valence-electron chi connectivity index (χ4n) is 0.573. The first kappa shape index (κ1) is 13.6. The van der Waals surface area contributed by atoms with Crippen LogP contribution in [0.1, 0.15) is 20.3 Å². The largest absolute Gasteiger partial charge is 0.349 e. The summed E-state index contributed by atoms with van der Waals surface area (Å²) in [7, 11) is 0. The third kappa shape index (κ3) is 8.25.